The maximum Gasteiger partial charge on any atom is 0.0921 e. The zero-order chi connectivity index (χ0) is 12.3. The monoisotopic (exact) mass is 250 g/mol. The molecular weight excluding hydrogens is 236 g/mol. The van der Waals surface area contributed by atoms with E-state index in [9.17, 15) is 0 Å². The molecule has 17 heavy (non-hydrogen) atoms. The summed E-state index contributed by atoms with van der Waals surface area (Å²) in [6.45, 7) is 2.83. The SMILES string of the molecule is Cc1cc(N)c(Cl)cc1NCCc1cnc[nH]1. The molecule has 0 spiro atoms. The summed E-state index contributed by atoms with van der Waals surface area (Å²) < 4.78 is 0. The molecule has 0 amide bonds. The maximum atomic E-state index is 5.98. The minimum atomic E-state index is 0.583. The summed E-state index contributed by atoms with van der Waals surface area (Å²) >= 11 is 5.98. The summed E-state index contributed by atoms with van der Waals surface area (Å²) in [7, 11) is 0. The van der Waals surface area contributed by atoms with Crippen molar-refractivity contribution in [2.24, 2.45) is 0 Å². The van der Waals surface area contributed by atoms with E-state index in [1.807, 2.05) is 25.3 Å². The zero-order valence-electron chi connectivity index (χ0n) is 9.63. The van der Waals surface area contributed by atoms with E-state index in [0.29, 0.717) is 10.7 Å². The highest BCUT2D eigenvalue weighted by molar-refractivity contribution is 6.33. The topological polar surface area (TPSA) is 66.7 Å². The predicted molar refractivity (Wildman–Crippen MR) is 71.4 cm³/mol. The van der Waals surface area contributed by atoms with E-state index in [0.717, 1.165) is 29.9 Å². The molecule has 5 heteroatoms. The van der Waals surface area contributed by atoms with E-state index < -0.39 is 0 Å². The van der Waals surface area contributed by atoms with Gasteiger partial charge in [0.15, 0.2) is 0 Å². The molecule has 0 aliphatic rings. The average molecular weight is 251 g/mol. The van der Waals surface area contributed by atoms with E-state index in [1.54, 1.807) is 6.33 Å². The Morgan fingerprint density at radius 1 is 1.47 bits per heavy atom. The van der Waals surface area contributed by atoms with Crippen LogP contribution in [0.3, 0.4) is 0 Å². The molecule has 2 rings (SSSR count). The van der Waals surface area contributed by atoms with Gasteiger partial charge >= 0.3 is 0 Å². The van der Waals surface area contributed by atoms with Gasteiger partial charge in [-0.2, -0.15) is 0 Å². The Bertz CT molecular complexity index is 493. The lowest BCUT2D eigenvalue weighted by Gasteiger charge is -2.10. The number of aryl methyl sites for hydroxylation is 1. The standard InChI is InChI=1S/C12H15ClN4/c1-8-4-11(14)10(13)5-12(8)16-3-2-9-6-15-7-17-9/h4-7,16H,2-3,14H2,1H3,(H,15,17). The molecule has 0 saturated heterocycles. The lowest BCUT2D eigenvalue weighted by atomic mass is 10.1. The number of hydrogen-bond donors (Lipinski definition) is 3. The summed E-state index contributed by atoms with van der Waals surface area (Å²) in [6, 6.07) is 3.74. The number of nitrogens with one attached hydrogen (secondary N) is 2. The molecule has 1 aromatic heterocycles. The molecule has 0 aliphatic carbocycles. The molecule has 0 fully saturated rings. The van der Waals surface area contributed by atoms with Gasteiger partial charge in [-0.25, -0.2) is 4.98 Å². The van der Waals surface area contributed by atoms with Gasteiger partial charge in [-0.3, -0.25) is 0 Å². The first-order chi connectivity index (χ1) is 8.16. The highest BCUT2D eigenvalue weighted by atomic mass is 35.5. The van der Waals surface area contributed by atoms with Crippen molar-refractivity contribution in [3.05, 3.63) is 40.9 Å². The fourth-order valence-electron chi connectivity index (χ4n) is 1.65. The van der Waals surface area contributed by atoms with Crippen molar-refractivity contribution in [2.75, 3.05) is 17.6 Å². The second kappa shape index (κ2) is 5.10. The molecule has 0 atom stereocenters. The van der Waals surface area contributed by atoms with Crippen molar-refractivity contribution in [2.45, 2.75) is 13.3 Å². The fraction of sp³-hybridized carbons (Fsp3) is 0.250. The number of H-pyrrole nitrogens is 1. The Morgan fingerprint density at radius 3 is 3.00 bits per heavy atom. The number of imidazole rings is 1. The van der Waals surface area contributed by atoms with Gasteiger partial charge in [0.2, 0.25) is 0 Å². The van der Waals surface area contributed by atoms with Crippen LogP contribution in [0.25, 0.3) is 0 Å². The molecule has 4 N–H and O–H groups in total. The predicted octanol–water partition coefficient (Wildman–Crippen LogP) is 2.61. The van der Waals surface area contributed by atoms with Gasteiger partial charge in [0.05, 0.1) is 17.0 Å². The molecule has 1 heterocycles. The molecule has 4 nitrogen and oxygen atoms in total. The number of halogens is 1. The highest BCUT2D eigenvalue weighted by Gasteiger charge is 2.03. The first-order valence-corrected chi connectivity index (χ1v) is 5.81. The second-order valence-corrected chi connectivity index (χ2v) is 4.35. The van der Waals surface area contributed by atoms with Crippen LogP contribution in [0.1, 0.15) is 11.3 Å². The van der Waals surface area contributed by atoms with Crippen LogP contribution in [-0.4, -0.2) is 16.5 Å². The summed E-state index contributed by atoms with van der Waals surface area (Å²) in [5.41, 5.74) is 9.56. The maximum absolute atomic E-state index is 5.98. The number of nitrogens with two attached hydrogens (primary N) is 1. The Hall–Kier alpha value is -1.68. The summed E-state index contributed by atoms with van der Waals surface area (Å²) in [5, 5.41) is 3.91. The van der Waals surface area contributed by atoms with E-state index >= 15 is 0 Å². The van der Waals surface area contributed by atoms with E-state index in [-0.39, 0.29) is 0 Å². The third-order valence-corrected chi connectivity index (χ3v) is 2.94. The average Bonchev–Trinajstić information content (AvgIpc) is 2.78. The van der Waals surface area contributed by atoms with Crippen molar-refractivity contribution in [1.82, 2.24) is 9.97 Å². The number of aromatic amines is 1. The lowest BCUT2D eigenvalue weighted by molar-refractivity contribution is 0.975. The van der Waals surface area contributed by atoms with Crippen LogP contribution in [0.2, 0.25) is 5.02 Å². The van der Waals surface area contributed by atoms with Gasteiger partial charge in [-0.05, 0) is 24.6 Å². The van der Waals surface area contributed by atoms with Crippen LogP contribution in [-0.2, 0) is 6.42 Å². The van der Waals surface area contributed by atoms with Crippen molar-refractivity contribution in [1.29, 1.82) is 0 Å². The Morgan fingerprint density at radius 2 is 2.29 bits per heavy atom. The largest absolute Gasteiger partial charge is 0.398 e. The summed E-state index contributed by atoms with van der Waals surface area (Å²) in [4.78, 5) is 7.03. The molecule has 0 aliphatic heterocycles. The third-order valence-electron chi connectivity index (χ3n) is 2.61. The van der Waals surface area contributed by atoms with Crippen LogP contribution >= 0.6 is 11.6 Å². The smallest absolute Gasteiger partial charge is 0.0921 e. The van der Waals surface area contributed by atoms with Gasteiger partial charge in [0, 0.05) is 30.5 Å². The quantitative estimate of drug-likeness (QED) is 0.731. The Balaban J connectivity index is 1.97. The normalized spacial score (nSPS) is 10.5. The van der Waals surface area contributed by atoms with Gasteiger partial charge in [-0.15, -0.1) is 0 Å². The molecule has 0 radical (unpaired) electrons. The highest BCUT2D eigenvalue weighted by Crippen LogP contribution is 2.26. The van der Waals surface area contributed by atoms with Gasteiger partial charge in [0.25, 0.3) is 0 Å². The number of nitrogens with zero attached hydrogens (tertiary/aromatic N) is 1. The van der Waals surface area contributed by atoms with Crippen LogP contribution in [0, 0.1) is 6.92 Å². The number of benzene rings is 1. The first-order valence-electron chi connectivity index (χ1n) is 5.43. The van der Waals surface area contributed by atoms with Crippen LogP contribution in [0.5, 0.6) is 0 Å². The van der Waals surface area contributed by atoms with E-state index in [1.165, 1.54) is 0 Å². The zero-order valence-corrected chi connectivity index (χ0v) is 10.4. The Kier molecular flexibility index (Phi) is 3.54. The van der Waals surface area contributed by atoms with Crippen LogP contribution in [0.15, 0.2) is 24.7 Å². The van der Waals surface area contributed by atoms with Crippen molar-refractivity contribution >= 4 is 23.0 Å². The molecule has 0 saturated carbocycles. The van der Waals surface area contributed by atoms with Crippen LogP contribution < -0.4 is 11.1 Å². The second-order valence-electron chi connectivity index (χ2n) is 3.94. The molecule has 2 aromatic rings. The van der Waals surface area contributed by atoms with Gasteiger partial charge in [-0.1, -0.05) is 11.6 Å². The van der Waals surface area contributed by atoms with E-state index in [4.69, 9.17) is 17.3 Å². The van der Waals surface area contributed by atoms with Crippen molar-refractivity contribution < 1.29 is 0 Å². The minimum Gasteiger partial charge on any atom is -0.398 e. The number of anilines is 2. The van der Waals surface area contributed by atoms with Gasteiger partial charge < -0.3 is 16.0 Å². The molecule has 0 unspecified atom stereocenters. The lowest BCUT2D eigenvalue weighted by Crippen LogP contribution is -2.06. The summed E-state index contributed by atoms with van der Waals surface area (Å²) in [5.74, 6) is 0. The molecular formula is C12H15ClN4. The van der Waals surface area contributed by atoms with Gasteiger partial charge in [0.1, 0.15) is 0 Å². The van der Waals surface area contributed by atoms with Crippen molar-refractivity contribution in [3.63, 3.8) is 0 Å². The van der Waals surface area contributed by atoms with Crippen LogP contribution in [0.4, 0.5) is 11.4 Å². The summed E-state index contributed by atoms with van der Waals surface area (Å²) in [6.07, 6.45) is 4.40. The number of hydrogen-bond acceptors (Lipinski definition) is 3. The molecule has 0 bridgehead atoms. The third kappa shape index (κ3) is 2.91. The first kappa shape index (κ1) is 11.8. The number of aromatic nitrogens is 2. The van der Waals surface area contributed by atoms with Crippen molar-refractivity contribution in [3.8, 4) is 0 Å². The number of rotatable bonds is 4. The number of nitrogen functional groups attached to an aromatic ring is 1. The molecule has 90 valence electrons. The Labute approximate surface area is 105 Å². The fourth-order valence-corrected chi connectivity index (χ4v) is 1.81. The minimum absolute atomic E-state index is 0.583. The van der Waals surface area contributed by atoms with E-state index in [2.05, 4.69) is 15.3 Å². The molecule has 1 aromatic carbocycles.